The maximum Gasteiger partial charge on any atom is 0.335 e. The number of carboxylic acids is 1. The molecule has 132 valence electrons. The van der Waals surface area contributed by atoms with Gasteiger partial charge in [-0.15, -0.1) is 0 Å². The van der Waals surface area contributed by atoms with Crippen LogP contribution in [0.1, 0.15) is 15.9 Å². The van der Waals surface area contributed by atoms with Crippen molar-refractivity contribution in [2.45, 2.75) is 11.8 Å². The van der Waals surface area contributed by atoms with Crippen LogP contribution in [0, 0.1) is 12.7 Å². The lowest BCUT2D eigenvalue weighted by Gasteiger charge is -2.19. The topological polar surface area (TPSA) is 102 Å². The average Bonchev–Trinajstić information content (AvgIpc) is 2.56. The number of benzene rings is 2. The summed E-state index contributed by atoms with van der Waals surface area (Å²) < 4.78 is 52.1. The highest BCUT2D eigenvalue weighted by molar-refractivity contribution is 7.92. The van der Waals surface area contributed by atoms with Crippen molar-refractivity contribution in [2.75, 3.05) is 17.9 Å². The van der Waals surface area contributed by atoms with Crippen LogP contribution in [0.3, 0.4) is 0 Å². The molecule has 0 saturated carbocycles. The van der Waals surface area contributed by atoms with E-state index in [1.165, 1.54) is 19.1 Å². The van der Waals surface area contributed by atoms with Gasteiger partial charge in [0.05, 0.1) is 16.1 Å². The fraction of sp³-hybridized carbons (Fsp3) is 0.188. The molecule has 0 aromatic heterocycles. The molecule has 1 aliphatic heterocycles. The Morgan fingerprint density at radius 1 is 1.16 bits per heavy atom. The van der Waals surface area contributed by atoms with Crippen LogP contribution < -0.4 is 14.2 Å². The highest BCUT2D eigenvalue weighted by atomic mass is 32.2. The Hall–Kier alpha value is -2.81. The molecule has 0 aliphatic carbocycles. The molecule has 3 rings (SSSR count). The van der Waals surface area contributed by atoms with Crippen LogP contribution in [0.25, 0.3) is 0 Å². The lowest BCUT2D eigenvalue weighted by molar-refractivity contribution is 0.0696. The van der Waals surface area contributed by atoms with Crippen molar-refractivity contribution in [2.24, 2.45) is 0 Å². The van der Waals surface area contributed by atoms with E-state index >= 15 is 0 Å². The van der Waals surface area contributed by atoms with Gasteiger partial charge < -0.3 is 14.6 Å². The maximum absolute atomic E-state index is 13.9. The molecule has 2 aromatic carbocycles. The number of sulfonamides is 1. The third-order valence-corrected chi connectivity index (χ3v) is 5.14. The van der Waals surface area contributed by atoms with Crippen molar-refractivity contribution in [3.63, 3.8) is 0 Å². The number of fused-ring (bicyclic) bond motifs is 1. The summed E-state index contributed by atoms with van der Waals surface area (Å²) in [7, 11) is -4.20. The third kappa shape index (κ3) is 3.36. The lowest BCUT2D eigenvalue weighted by atomic mass is 10.1. The number of ether oxygens (including phenoxy) is 2. The molecule has 7 nitrogen and oxygen atoms in total. The molecule has 1 heterocycles. The Bertz CT molecular complexity index is 957. The van der Waals surface area contributed by atoms with E-state index in [4.69, 9.17) is 14.6 Å². The standard InChI is InChI=1S/C16H14FNO6S/c1-9-12(17)6-10(16(19)20)7-15(9)25(21,22)18-11-2-3-13-14(8-11)24-5-4-23-13/h2-3,6-8,18H,4-5H2,1H3,(H,19,20). The summed E-state index contributed by atoms with van der Waals surface area (Å²) in [5, 5.41) is 9.00. The minimum absolute atomic E-state index is 0.171. The van der Waals surface area contributed by atoms with Gasteiger partial charge in [-0.3, -0.25) is 4.72 Å². The van der Waals surface area contributed by atoms with Crippen molar-refractivity contribution >= 4 is 21.7 Å². The number of hydrogen-bond donors (Lipinski definition) is 2. The van der Waals surface area contributed by atoms with Crippen LogP contribution in [0.5, 0.6) is 11.5 Å². The first-order valence-corrected chi connectivity index (χ1v) is 8.72. The summed E-state index contributed by atoms with van der Waals surface area (Å²) in [6.07, 6.45) is 0. The summed E-state index contributed by atoms with van der Waals surface area (Å²) in [6, 6.07) is 6.16. The van der Waals surface area contributed by atoms with E-state index in [0.717, 1.165) is 12.1 Å². The van der Waals surface area contributed by atoms with E-state index in [1.807, 2.05) is 0 Å². The van der Waals surface area contributed by atoms with Gasteiger partial charge in [-0.2, -0.15) is 0 Å². The molecule has 0 atom stereocenters. The van der Waals surface area contributed by atoms with Crippen LogP contribution in [-0.2, 0) is 10.0 Å². The third-order valence-electron chi connectivity index (χ3n) is 3.63. The minimum atomic E-state index is -4.20. The fourth-order valence-corrected chi connectivity index (χ4v) is 3.70. The number of hydrogen-bond acceptors (Lipinski definition) is 5. The number of nitrogens with one attached hydrogen (secondary N) is 1. The molecule has 0 saturated heterocycles. The van der Waals surface area contributed by atoms with Gasteiger partial charge in [0.25, 0.3) is 10.0 Å². The van der Waals surface area contributed by atoms with Gasteiger partial charge in [0.2, 0.25) is 0 Å². The Balaban J connectivity index is 1.99. The molecule has 9 heteroatoms. The first-order chi connectivity index (χ1) is 11.8. The Morgan fingerprint density at radius 3 is 2.52 bits per heavy atom. The predicted octanol–water partition coefficient (Wildman–Crippen LogP) is 2.40. The zero-order valence-corrected chi connectivity index (χ0v) is 13.9. The Kier molecular flexibility index (Phi) is 4.25. The predicted molar refractivity (Wildman–Crippen MR) is 86.3 cm³/mol. The second-order valence-electron chi connectivity index (χ2n) is 5.35. The largest absolute Gasteiger partial charge is 0.486 e. The summed E-state index contributed by atoms with van der Waals surface area (Å²) >= 11 is 0. The molecular weight excluding hydrogens is 353 g/mol. The average molecular weight is 367 g/mol. The molecule has 1 aliphatic rings. The number of aromatic carboxylic acids is 1. The van der Waals surface area contributed by atoms with Crippen molar-refractivity contribution in [3.05, 3.63) is 47.3 Å². The van der Waals surface area contributed by atoms with Crippen molar-refractivity contribution in [1.29, 1.82) is 0 Å². The van der Waals surface area contributed by atoms with Gasteiger partial charge in [-0.05, 0) is 31.2 Å². The van der Waals surface area contributed by atoms with Crippen molar-refractivity contribution in [1.82, 2.24) is 0 Å². The van der Waals surface area contributed by atoms with Gasteiger partial charge in [0.1, 0.15) is 19.0 Å². The molecule has 25 heavy (non-hydrogen) atoms. The highest BCUT2D eigenvalue weighted by Gasteiger charge is 2.23. The van der Waals surface area contributed by atoms with E-state index in [2.05, 4.69) is 4.72 Å². The number of halogens is 1. The molecule has 2 aromatic rings. The second-order valence-corrected chi connectivity index (χ2v) is 7.00. The van der Waals surface area contributed by atoms with Crippen LogP contribution in [0.15, 0.2) is 35.2 Å². The molecule has 0 unspecified atom stereocenters. The normalized spacial score (nSPS) is 13.4. The lowest BCUT2D eigenvalue weighted by Crippen LogP contribution is -2.18. The molecule has 0 bridgehead atoms. The van der Waals surface area contributed by atoms with Crippen LogP contribution in [-0.4, -0.2) is 32.7 Å². The minimum Gasteiger partial charge on any atom is -0.486 e. The number of anilines is 1. The Labute approximate surface area is 143 Å². The number of carbonyl (C=O) groups is 1. The molecular formula is C16H14FNO6S. The number of rotatable bonds is 4. The zero-order valence-electron chi connectivity index (χ0n) is 13.1. The summed E-state index contributed by atoms with van der Waals surface area (Å²) in [6.45, 7) is 2.01. The molecule has 2 N–H and O–H groups in total. The molecule has 0 amide bonds. The van der Waals surface area contributed by atoms with E-state index in [9.17, 15) is 17.6 Å². The number of carboxylic acid groups (broad SMARTS) is 1. The first-order valence-electron chi connectivity index (χ1n) is 7.24. The van der Waals surface area contributed by atoms with Gasteiger partial charge in [0, 0.05) is 11.6 Å². The van der Waals surface area contributed by atoms with E-state index in [1.54, 1.807) is 6.07 Å². The summed E-state index contributed by atoms with van der Waals surface area (Å²) in [4.78, 5) is 10.6. The van der Waals surface area contributed by atoms with Gasteiger partial charge in [-0.25, -0.2) is 17.6 Å². The molecule has 0 fully saturated rings. The Morgan fingerprint density at radius 2 is 1.84 bits per heavy atom. The quantitative estimate of drug-likeness (QED) is 0.860. The van der Waals surface area contributed by atoms with Crippen LogP contribution >= 0.6 is 0 Å². The van der Waals surface area contributed by atoms with Gasteiger partial charge in [-0.1, -0.05) is 0 Å². The SMILES string of the molecule is Cc1c(F)cc(C(=O)O)cc1S(=O)(=O)Nc1ccc2c(c1)OCCO2. The second kappa shape index (κ2) is 6.25. The first kappa shape index (κ1) is 17.0. The van der Waals surface area contributed by atoms with E-state index in [-0.39, 0.29) is 11.3 Å². The monoisotopic (exact) mass is 367 g/mol. The van der Waals surface area contributed by atoms with Crippen molar-refractivity contribution < 1.29 is 32.2 Å². The molecule has 0 spiro atoms. The van der Waals surface area contributed by atoms with Crippen molar-refractivity contribution in [3.8, 4) is 11.5 Å². The van der Waals surface area contributed by atoms with E-state index < -0.39 is 32.3 Å². The zero-order chi connectivity index (χ0) is 18.2. The molecule has 0 radical (unpaired) electrons. The smallest absolute Gasteiger partial charge is 0.335 e. The van der Waals surface area contributed by atoms with Gasteiger partial charge in [0.15, 0.2) is 11.5 Å². The summed E-state index contributed by atoms with van der Waals surface area (Å²) in [5.74, 6) is -1.46. The highest BCUT2D eigenvalue weighted by Crippen LogP contribution is 2.33. The van der Waals surface area contributed by atoms with Crippen LogP contribution in [0.4, 0.5) is 10.1 Å². The van der Waals surface area contributed by atoms with Gasteiger partial charge >= 0.3 is 5.97 Å². The summed E-state index contributed by atoms with van der Waals surface area (Å²) in [5.41, 5.74) is -0.439. The fourth-order valence-electron chi connectivity index (χ4n) is 2.37. The van der Waals surface area contributed by atoms with Crippen LogP contribution in [0.2, 0.25) is 0 Å². The van der Waals surface area contributed by atoms with E-state index in [0.29, 0.717) is 24.7 Å². The maximum atomic E-state index is 13.9.